The molecule has 3 heterocycles. The van der Waals surface area contributed by atoms with Gasteiger partial charge in [-0.3, -0.25) is 9.69 Å². The van der Waals surface area contributed by atoms with Crippen LogP contribution in [0.15, 0.2) is 12.4 Å². The highest BCUT2D eigenvalue weighted by molar-refractivity contribution is 6.06. The summed E-state index contributed by atoms with van der Waals surface area (Å²) in [6.45, 7) is 2.94. The summed E-state index contributed by atoms with van der Waals surface area (Å²) >= 11 is 0. The normalized spacial score (nSPS) is 20.5. The number of nitrogens with one attached hydrogen (secondary N) is 1. The lowest BCUT2D eigenvalue weighted by Crippen LogP contribution is -2.57. The quantitative estimate of drug-likeness (QED) is 0.803. The summed E-state index contributed by atoms with van der Waals surface area (Å²) in [4.78, 5) is 46.3. The van der Waals surface area contributed by atoms with Crippen molar-refractivity contribution in [2.24, 2.45) is 7.05 Å². The molecule has 5 amide bonds. The largest absolute Gasteiger partial charge is 0.336 e. The third-order valence-electron chi connectivity index (χ3n) is 5.84. The summed E-state index contributed by atoms with van der Waals surface area (Å²) in [6.07, 6.45) is 6.22. The van der Waals surface area contributed by atoms with Gasteiger partial charge >= 0.3 is 12.1 Å². The number of urea groups is 2. The van der Waals surface area contributed by atoms with E-state index >= 15 is 0 Å². The molecule has 1 N–H and O–H groups in total. The number of hydrogen-bond acceptors (Lipinski definition) is 4. The van der Waals surface area contributed by atoms with Crippen LogP contribution in [0, 0.1) is 0 Å². The minimum absolute atomic E-state index is 0.151. The fourth-order valence-corrected chi connectivity index (χ4v) is 4.09. The van der Waals surface area contributed by atoms with Crippen LogP contribution in [0.5, 0.6) is 0 Å². The summed E-state index contributed by atoms with van der Waals surface area (Å²) < 4.78 is 1.92. The van der Waals surface area contributed by atoms with E-state index in [-0.39, 0.29) is 24.0 Å². The van der Waals surface area contributed by atoms with Gasteiger partial charge in [-0.2, -0.15) is 0 Å². The average Bonchev–Trinajstić information content (AvgIpc) is 3.15. The van der Waals surface area contributed by atoms with Crippen LogP contribution in [0.4, 0.5) is 9.59 Å². The van der Waals surface area contributed by atoms with Crippen molar-refractivity contribution in [2.75, 3.05) is 27.2 Å². The molecule has 148 valence electrons. The molecule has 27 heavy (non-hydrogen) atoms. The molecule has 2 aliphatic heterocycles. The molecule has 0 saturated carbocycles. The maximum absolute atomic E-state index is 12.8. The third kappa shape index (κ3) is 3.15. The Kier molecular flexibility index (Phi) is 5.12. The fourth-order valence-electron chi connectivity index (χ4n) is 4.09. The Bertz CT molecular complexity index is 737. The molecule has 1 aromatic rings. The Hall–Kier alpha value is -2.58. The second kappa shape index (κ2) is 7.21. The van der Waals surface area contributed by atoms with Gasteiger partial charge < -0.3 is 19.7 Å². The van der Waals surface area contributed by atoms with Crippen molar-refractivity contribution in [2.45, 2.75) is 44.2 Å². The van der Waals surface area contributed by atoms with Gasteiger partial charge in [0.1, 0.15) is 11.4 Å². The molecule has 0 radical (unpaired) electrons. The Labute approximate surface area is 159 Å². The molecular formula is C18H28N6O3. The molecule has 0 aromatic carbocycles. The summed E-state index contributed by atoms with van der Waals surface area (Å²) in [5.41, 5.74) is -0.814. The number of likely N-dealkylation sites (tertiary alicyclic amines) is 1. The summed E-state index contributed by atoms with van der Waals surface area (Å²) in [5.74, 6) is 0.656. The first-order valence-corrected chi connectivity index (χ1v) is 9.40. The number of aromatic nitrogens is 2. The van der Waals surface area contributed by atoms with Crippen molar-refractivity contribution in [1.82, 2.24) is 29.6 Å². The van der Waals surface area contributed by atoms with E-state index < -0.39 is 5.54 Å². The van der Waals surface area contributed by atoms with Gasteiger partial charge in [0.15, 0.2) is 0 Å². The molecule has 1 unspecified atom stereocenters. The standard InChI is InChI=1S/C18H28N6O3/c1-5-6-13(14-19-9-12-21(14)2)20-16(26)24-10-7-18(8-11-24)15(25)22(3)17(27)23(18)4/h9,12-13H,5-8,10-11H2,1-4H3,(H,20,26). The van der Waals surface area contributed by atoms with E-state index in [9.17, 15) is 14.4 Å². The zero-order valence-electron chi connectivity index (χ0n) is 16.4. The van der Waals surface area contributed by atoms with Crippen LogP contribution in [0.25, 0.3) is 0 Å². The molecule has 9 heteroatoms. The van der Waals surface area contributed by atoms with E-state index in [1.807, 2.05) is 17.8 Å². The molecule has 1 spiro atoms. The number of hydrogen-bond donors (Lipinski definition) is 1. The predicted molar refractivity (Wildman–Crippen MR) is 98.9 cm³/mol. The molecule has 2 saturated heterocycles. The maximum Gasteiger partial charge on any atom is 0.327 e. The summed E-state index contributed by atoms with van der Waals surface area (Å²) in [6, 6.07) is -0.586. The van der Waals surface area contributed by atoms with Gasteiger partial charge in [0.25, 0.3) is 5.91 Å². The average molecular weight is 376 g/mol. The zero-order valence-corrected chi connectivity index (χ0v) is 16.4. The highest BCUT2D eigenvalue weighted by Crippen LogP contribution is 2.35. The van der Waals surface area contributed by atoms with Gasteiger partial charge in [-0.05, 0) is 19.3 Å². The topological polar surface area (TPSA) is 90.8 Å². The van der Waals surface area contributed by atoms with Gasteiger partial charge in [-0.15, -0.1) is 0 Å². The van der Waals surface area contributed by atoms with Crippen LogP contribution in [-0.2, 0) is 11.8 Å². The number of amides is 5. The molecular weight excluding hydrogens is 348 g/mol. The molecule has 2 aliphatic rings. The van der Waals surface area contributed by atoms with Crippen LogP contribution in [0.3, 0.4) is 0 Å². The lowest BCUT2D eigenvalue weighted by atomic mass is 9.86. The van der Waals surface area contributed by atoms with Crippen molar-refractivity contribution < 1.29 is 14.4 Å². The molecule has 9 nitrogen and oxygen atoms in total. The first-order chi connectivity index (χ1) is 12.8. The SMILES string of the molecule is CCCC(NC(=O)N1CCC2(CC1)C(=O)N(C)C(=O)N2C)c1nccn1C. The van der Waals surface area contributed by atoms with Crippen LogP contribution in [-0.4, -0.2) is 74.9 Å². The third-order valence-corrected chi connectivity index (χ3v) is 5.84. The van der Waals surface area contributed by atoms with Crippen molar-refractivity contribution in [3.05, 3.63) is 18.2 Å². The number of nitrogens with zero attached hydrogens (tertiary/aromatic N) is 5. The minimum atomic E-state index is -0.814. The molecule has 1 aromatic heterocycles. The molecule has 0 aliphatic carbocycles. The maximum atomic E-state index is 12.8. The van der Waals surface area contributed by atoms with Gasteiger partial charge in [-0.25, -0.2) is 14.6 Å². The number of carbonyl (C=O) groups excluding carboxylic acids is 3. The van der Waals surface area contributed by atoms with Crippen LogP contribution < -0.4 is 5.32 Å². The molecule has 2 fully saturated rings. The van der Waals surface area contributed by atoms with Gasteiger partial charge in [0, 0.05) is 46.6 Å². The van der Waals surface area contributed by atoms with Crippen molar-refractivity contribution in [3.8, 4) is 0 Å². The van der Waals surface area contributed by atoms with E-state index in [0.29, 0.717) is 25.9 Å². The Morgan fingerprint density at radius 2 is 1.93 bits per heavy atom. The molecule has 0 bridgehead atoms. The number of aryl methyl sites for hydroxylation is 1. The molecule has 3 rings (SSSR count). The number of rotatable bonds is 4. The summed E-state index contributed by atoms with van der Waals surface area (Å²) in [5, 5.41) is 3.08. The van der Waals surface area contributed by atoms with E-state index in [2.05, 4.69) is 17.2 Å². The Morgan fingerprint density at radius 1 is 1.26 bits per heavy atom. The lowest BCUT2D eigenvalue weighted by molar-refractivity contribution is -0.134. The lowest BCUT2D eigenvalue weighted by Gasteiger charge is -2.41. The van der Waals surface area contributed by atoms with Gasteiger partial charge in [0.05, 0.1) is 6.04 Å². The van der Waals surface area contributed by atoms with Gasteiger partial charge in [-0.1, -0.05) is 13.3 Å². The second-order valence-electron chi connectivity index (χ2n) is 7.41. The predicted octanol–water partition coefficient (Wildman–Crippen LogP) is 1.33. The van der Waals surface area contributed by atoms with Crippen LogP contribution in [0.2, 0.25) is 0 Å². The highest BCUT2D eigenvalue weighted by atomic mass is 16.2. The van der Waals surface area contributed by atoms with E-state index in [1.165, 1.54) is 16.8 Å². The zero-order chi connectivity index (χ0) is 19.8. The molecule has 1 atom stereocenters. The Morgan fingerprint density at radius 3 is 2.41 bits per heavy atom. The van der Waals surface area contributed by atoms with E-state index in [0.717, 1.165) is 18.7 Å². The number of carbonyl (C=O) groups is 3. The van der Waals surface area contributed by atoms with Crippen molar-refractivity contribution >= 4 is 18.0 Å². The first kappa shape index (κ1) is 19.2. The number of likely N-dealkylation sites (N-methyl/N-ethyl adjacent to an activating group) is 2. The van der Waals surface area contributed by atoms with Gasteiger partial charge in [0.2, 0.25) is 0 Å². The fraction of sp³-hybridized carbons (Fsp3) is 0.667. The van der Waals surface area contributed by atoms with E-state index in [1.54, 1.807) is 18.1 Å². The number of piperidine rings is 1. The number of imide groups is 1. The summed E-state index contributed by atoms with van der Waals surface area (Å²) in [7, 11) is 5.09. The smallest absolute Gasteiger partial charge is 0.327 e. The number of imidazole rings is 1. The monoisotopic (exact) mass is 376 g/mol. The highest BCUT2D eigenvalue weighted by Gasteiger charge is 2.55. The van der Waals surface area contributed by atoms with Crippen LogP contribution >= 0.6 is 0 Å². The second-order valence-corrected chi connectivity index (χ2v) is 7.41. The Balaban J connectivity index is 1.65. The van der Waals surface area contributed by atoms with Crippen LogP contribution in [0.1, 0.15) is 44.5 Å². The minimum Gasteiger partial charge on any atom is -0.336 e. The van der Waals surface area contributed by atoms with Crippen molar-refractivity contribution in [1.29, 1.82) is 0 Å². The first-order valence-electron chi connectivity index (χ1n) is 9.40. The van der Waals surface area contributed by atoms with E-state index in [4.69, 9.17) is 0 Å². The van der Waals surface area contributed by atoms with Crippen molar-refractivity contribution in [3.63, 3.8) is 0 Å².